The van der Waals surface area contributed by atoms with Gasteiger partial charge in [0.15, 0.2) is 6.10 Å². The Kier molecular flexibility index (Phi) is 7.45. The number of ether oxygens (including phenoxy) is 2. The lowest BCUT2D eigenvalue weighted by Crippen LogP contribution is -2.41. The summed E-state index contributed by atoms with van der Waals surface area (Å²) in [6, 6.07) is 0.146. The zero-order valence-corrected chi connectivity index (χ0v) is 16.6. The molecule has 0 saturated heterocycles. The zero-order chi connectivity index (χ0) is 20.0. The highest BCUT2D eigenvalue weighted by atomic mass is 16.5. The second-order valence-corrected chi connectivity index (χ2v) is 7.09. The summed E-state index contributed by atoms with van der Waals surface area (Å²) in [6.07, 6.45) is 5.64. The average Bonchev–Trinajstić information content (AvgIpc) is 2.77. The molecule has 1 saturated carbocycles. The number of aryl methyl sites for hydroxylation is 1. The van der Waals surface area contributed by atoms with E-state index in [1.54, 1.807) is 27.7 Å². The first-order chi connectivity index (χ1) is 12.8. The molecule has 2 N–H and O–H groups in total. The van der Waals surface area contributed by atoms with E-state index in [0.29, 0.717) is 11.3 Å². The minimum absolute atomic E-state index is 0.146. The van der Waals surface area contributed by atoms with Gasteiger partial charge in [0, 0.05) is 11.7 Å². The van der Waals surface area contributed by atoms with Crippen LogP contribution in [0, 0.1) is 13.8 Å². The van der Waals surface area contributed by atoms with Crippen LogP contribution in [0.3, 0.4) is 0 Å². The molecule has 1 aliphatic carbocycles. The third-order valence-electron chi connectivity index (χ3n) is 4.98. The smallest absolute Gasteiger partial charge is 0.355 e. The summed E-state index contributed by atoms with van der Waals surface area (Å²) in [5.41, 5.74) is 1.48. The molecule has 0 spiro atoms. The molecule has 7 nitrogen and oxygen atoms in total. The summed E-state index contributed by atoms with van der Waals surface area (Å²) in [7, 11) is 0. The average molecular weight is 378 g/mol. The van der Waals surface area contributed by atoms with E-state index in [-0.39, 0.29) is 29.8 Å². The Hall–Kier alpha value is -2.31. The van der Waals surface area contributed by atoms with E-state index >= 15 is 0 Å². The molecule has 150 valence electrons. The van der Waals surface area contributed by atoms with Gasteiger partial charge in [-0.3, -0.25) is 4.79 Å². The number of aromatic nitrogens is 1. The van der Waals surface area contributed by atoms with E-state index in [4.69, 9.17) is 9.47 Å². The van der Waals surface area contributed by atoms with Crippen LogP contribution in [0.1, 0.15) is 84.5 Å². The van der Waals surface area contributed by atoms with Gasteiger partial charge in [0.2, 0.25) is 0 Å². The van der Waals surface area contributed by atoms with Crippen molar-refractivity contribution in [2.45, 2.75) is 78.4 Å². The van der Waals surface area contributed by atoms with Gasteiger partial charge in [-0.2, -0.15) is 0 Å². The number of amides is 1. The minimum atomic E-state index is -0.902. The largest absolute Gasteiger partial charge is 0.461 e. The molecule has 0 unspecified atom stereocenters. The lowest BCUT2D eigenvalue weighted by Gasteiger charge is -2.19. The maximum atomic E-state index is 12.6. The Bertz CT molecular complexity index is 687. The summed E-state index contributed by atoms with van der Waals surface area (Å²) in [4.78, 5) is 39.8. The predicted octanol–water partition coefficient (Wildman–Crippen LogP) is 3.19. The van der Waals surface area contributed by atoms with E-state index in [1.807, 2.05) is 0 Å². The van der Waals surface area contributed by atoms with Gasteiger partial charge in [-0.25, -0.2) is 9.59 Å². The van der Waals surface area contributed by atoms with Crippen molar-refractivity contribution in [1.82, 2.24) is 10.3 Å². The summed E-state index contributed by atoms with van der Waals surface area (Å²) in [5, 5.41) is 2.99. The summed E-state index contributed by atoms with van der Waals surface area (Å²) >= 11 is 0. The molecular formula is C20H30N2O5. The van der Waals surface area contributed by atoms with Crippen LogP contribution in [0.5, 0.6) is 0 Å². The number of hydrogen-bond acceptors (Lipinski definition) is 5. The molecule has 1 atom stereocenters. The fourth-order valence-corrected chi connectivity index (χ4v) is 3.48. The van der Waals surface area contributed by atoms with Crippen LogP contribution in [-0.2, 0) is 14.3 Å². The maximum absolute atomic E-state index is 12.6. The monoisotopic (exact) mass is 378 g/mol. The second-order valence-electron chi connectivity index (χ2n) is 7.09. The first kappa shape index (κ1) is 21.0. The van der Waals surface area contributed by atoms with E-state index in [0.717, 1.165) is 25.7 Å². The standard InChI is InChI=1S/C20H30N2O5/c1-5-26-20(25)17-12(2)16(13(3)21-17)19(24)27-14(4)18(23)22-15-10-8-6-7-9-11-15/h14-15,21H,5-11H2,1-4H3,(H,22,23)/t14-/m0/s1. The first-order valence-corrected chi connectivity index (χ1v) is 9.72. The second kappa shape index (κ2) is 9.58. The molecule has 1 fully saturated rings. The molecule has 0 bridgehead atoms. The Morgan fingerprint density at radius 3 is 2.33 bits per heavy atom. The number of esters is 2. The topological polar surface area (TPSA) is 97.5 Å². The van der Waals surface area contributed by atoms with Gasteiger partial charge in [-0.15, -0.1) is 0 Å². The van der Waals surface area contributed by atoms with E-state index in [1.165, 1.54) is 12.8 Å². The van der Waals surface area contributed by atoms with Gasteiger partial charge in [0.1, 0.15) is 5.69 Å². The van der Waals surface area contributed by atoms with E-state index in [2.05, 4.69) is 10.3 Å². The fourth-order valence-electron chi connectivity index (χ4n) is 3.48. The maximum Gasteiger partial charge on any atom is 0.355 e. The lowest BCUT2D eigenvalue weighted by molar-refractivity contribution is -0.129. The minimum Gasteiger partial charge on any atom is -0.461 e. The molecule has 7 heteroatoms. The number of hydrogen-bond donors (Lipinski definition) is 2. The van der Waals surface area contributed by atoms with Crippen LogP contribution in [0.4, 0.5) is 0 Å². The van der Waals surface area contributed by atoms with Crippen LogP contribution in [-0.4, -0.2) is 41.6 Å². The van der Waals surface area contributed by atoms with Gasteiger partial charge in [-0.05, 0) is 46.1 Å². The molecular weight excluding hydrogens is 348 g/mol. The molecule has 0 aliphatic heterocycles. The van der Waals surface area contributed by atoms with Crippen molar-refractivity contribution >= 4 is 17.8 Å². The Morgan fingerprint density at radius 1 is 1.11 bits per heavy atom. The normalized spacial score (nSPS) is 16.3. The van der Waals surface area contributed by atoms with Crippen LogP contribution >= 0.6 is 0 Å². The fraction of sp³-hybridized carbons (Fsp3) is 0.650. The number of aromatic amines is 1. The Morgan fingerprint density at radius 2 is 1.74 bits per heavy atom. The third-order valence-corrected chi connectivity index (χ3v) is 4.98. The SMILES string of the molecule is CCOC(=O)c1[nH]c(C)c(C(=O)O[C@@H](C)C(=O)NC2CCCCCC2)c1C. The van der Waals surface area contributed by atoms with E-state index < -0.39 is 18.0 Å². The molecule has 0 aromatic carbocycles. The number of nitrogens with one attached hydrogen (secondary N) is 2. The van der Waals surface area contributed by atoms with Crippen molar-refractivity contribution < 1.29 is 23.9 Å². The third kappa shape index (κ3) is 5.34. The quantitative estimate of drug-likeness (QED) is 0.585. The van der Waals surface area contributed by atoms with Crippen molar-refractivity contribution in [2.24, 2.45) is 0 Å². The van der Waals surface area contributed by atoms with Crippen molar-refractivity contribution in [3.05, 3.63) is 22.5 Å². The summed E-state index contributed by atoms with van der Waals surface area (Å²) in [6.45, 7) is 6.86. The number of carbonyl (C=O) groups excluding carboxylic acids is 3. The highest BCUT2D eigenvalue weighted by Crippen LogP contribution is 2.21. The zero-order valence-electron chi connectivity index (χ0n) is 16.6. The van der Waals surface area contributed by atoms with Crippen LogP contribution in [0.2, 0.25) is 0 Å². The van der Waals surface area contributed by atoms with Crippen molar-refractivity contribution in [2.75, 3.05) is 6.61 Å². The molecule has 27 heavy (non-hydrogen) atoms. The molecule has 1 aliphatic rings. The van der Waals surface area contributed by atoms with Crippen LogP contribution in [0.15, 0.2) is 0 Å². The molecule has 1 aromatic heterocycles. The van der Waals surface area contributed by atoms with Crippen molar-refractivity contribution in [3.8, 4) is 0 Å². The van der Waals surface area contributed by atoms with Crippen molar-refractivity contribution in [3.63, 3.8) is 0 Å². The molecule has 1 heterocycles. The first-order valence-electron chi connectivity index (χ1n) is 9.72. The molecule has 1 amide bonds. The Balaban J connectivity index is 2.01. The van der Waals surface area contributed by atoms with Crippen LogP contribution < -0.4 is 5.32 Å². The molecule has 1 aromatic rings. The summed E-state index contributed by atoms with van der Waals surface area (Å²) in [5.74, 6) is -1.43. The predicted molar refractivity (Wildman–Crippen MR) is 101 cm³/mol. The van der Waals surface area contributed by atoms with E-state index in [9.17, 15) is 14.4 Å². The number of rotatable bonds is 6. The number of carbonyl (C=O) groups is 3. The van der Waals surface area contributed by atoms with Gasteiger partial charge < -0.3 is 19.8 Å². The highest BCUT2D eigenvalue weighted by molar-refractivity contribution is 5.99. The van der Waals surface area contributed by atoms with Gasteiger partial charge in [0.25, 0.3) is 5.91 Å². The lowest BCUT2D eigenvalue weighted by atomic mass is 10.1. The van der Waals surface area contributed by atoms with Crippen LogP contribution in [0.25, 0.3) is 0 Å². The highest BCUT2D eigenvalue weighted by Gasteiger charge is 2.27. The van der Waals surface area contributed by atoms with Gasteiger partial charge in [-0.1, -0.05) is 25.7 Å². The number of H-pyrrole nitrogens is 1. The molecule has 0 radical (unpaired) electrons. The van der Waals surface area contributed by atoms with Gasteiger partial charge >= 0.3 is 11.9 Å². The molecule has 2 rings (SSSR count). The Labute approximate surface area is 160 Å². The van der Waals surface area contributed by atoms with Crippen molar-refractivity contribution in [1.29, 1.82) is 0 Å². The summed E-state index contributed by atoms with van der Waals surface area (Å²) < 4.78 is 10.3. The van der Waals surface area contributed by atoms with Gasteiger partial charge in [0.05, 0.1) is 12.2 Å².